The molecule has 2 aromatic heterocycles. The van der Waals surface area contributed by atoms with Crippen LogP contribution in [0.3, 0.4) is 0 Å². The third kappa shape index (κ3) is 4.12. The number of amides is 1. The summed E-state index contributed by atoms with van der Waals surface area (Å²) in [6, 6.07) is 13.0. The van der Waals surface area contributed by atoms with Crippen LogP contribution in [0.5, 0.6) is 0 Å². The Morgan fingerprint density at radius 1 is 1.15 bits per heavy atom. The Morgan fingerprint density at radius 2 is 1.92 bits per heavy atom. The van der Waals surface area contributed by atoms with E-state index < -0.39 is 15.1 Å². The van der Waals surface area contributed by atoms with Crippen molar-refractivity contribution in [3.8, 4) is 0 Å². The van der Waals surface area contributed by atoms with E-state index in [9.17, 15) is 13.2 Å². The second-order valence-corrected chi connectivity index (χ2v) is 9.21. The Balaban J connectivity index is 1.85. The lowest BCUT2D eigenvalue weighted by Gasteiger charge is -2.18. The molecule has 1 amide bonds. The number of carbonyl (C=O) groups excluding carboxylic acids is 1. The number of halogens is 1. The quantitative estimate of drug-likeness (QED) is 0.676. The van der Waals surface area contributed by atoms with Crippen molar-refractivity contribution in [2.75, 3.05) is 6.54 Å². The molecule has 1 N–H and O–H groups in total. The van der Waals surface area contributed by atoms with Gasteiger partial charge in [0, 0.05) is 29.5 Å². The van der Waals surface area contributed by atoms with E-state index >= 15 is 0 Å². The van der Waals surface area contributed by atoms with Gasteiger partial charge in [0.25, 0.3) is 5.91 Å². The van der Waals surface area contributed by atoms with Gasteiger partial charge in [0.1, 0.15) is 9.46 Å². The smallest absolute Gasteiger partial charge is 0.251 e. The maximum absolute atomic E-state index is 13.0. The highest BCUT2D eigenvalue weighted by Gasteiger charge is 2.30. The molecular weight excluding hydrogens is 392 g/mol. The molecule has 8 heteroatoms. The minimum Gasteiger partial charge on any atom is -0.350 e. The number of thiophene rings is 1. The summed E-state index contributed by atoms with van der Waals surface area (Å²) >= 11 is 6.97. The fourth-order valence-electron chi connectivity index (χ4n) is 2.43. The van der Waals surface area contributed by atoms with Crippen molar-refractivity contribution >= 4 is 38.7 Å². The Bertz CT molecular complexity index is 973. The molecule has 26 heavy (non-hydrogen) atoms. The number of benzene rings is 1. The van der Waals surface area contributed by atoms with Crippen LogP contribution in [-0.2, 0) is 9.84 Å². The van der Waals surface area contributed by atoms with Gasteiger partial charge in [-0.25, -0.2) is 8.42 Å². The summed E-state index contributed by atoms with van der Waals surface area (Å²) in [6.45, 7) is -0.0621. The van der Waals surface area contributed by atoms with Gasteiger partial charge in [0.15, 0.2) is 9.84 Å². The first-order chi connectivity index (χ1) is 12.5. The molecule has 0 fully saturated rings. The lowest BCUT2D eigenvalue weighted by Crippen LogP contribution is -2.31. The maximum atomic E-state index is 13.0. The van der Waals surface area contributed by atoms with E-state index in [-0.39, 0.29) is 16.7 Å². The zero-order valence-electron chi connectivity index (χ0n) is 13.5. The van der Waals surface area contributed by atoms with Crippen molar-refractivity contribution in [2.24, 2.45) is 0 Å². The van der Waals surface area contributed by atoms with Crippen LogP contribution in [0.1, 0.15) is 21.2 Å². The fourth-order valence-corrected chi connectivity index (χ4v) is 5.40. The highest BCUT2D eigenvalue weighted by Crippen LogP contribution is 2.30. The highest BCUT2D eigenvalue weighted by molar-refractivity contribution is 7.93. The number of aromatic nitrogens is 1. The Hall–Kier alpha value is -2.22. The molecule has 134 valence electrons. The summed E-state index contributed by atoms with van der Waals surface area (Å²) in [7, 11) is -3.65. The molecule has 3 aromatic rings. The van der Waals surface area contributed by atoms with Gasteiger partial charge in [0.2, 0.25) is 0 Å². The molecule has 1 aromatic carbocycles. The molecule has 0 bridgehead atoms. The summed E-state index contributed by atoms with van der Waals surface area (Å²) in [6.07, 6.45) is 3.08. The second kappa shape index (κ2) is 7.99. The second-order valence-electron chi connectivity index (χ2n) is 5.47. The number of hydrogen-bond donors (Lipinski definition) is 1. The monoisotopic (exact) mass is 406 g/mol. The van der Waals surface area contributed by atoms with E-state index in [0.29, 0.717) is 16.1 Å². The van der Waals surface area contributed by atoms with Gasteiger partial charge in [-0.2, -0.15) is 0 Å². The van der Waals surface area contributed by atoms with Crippen LogP contribution >= 0.6 is 22.9 Å². The lowest BCUT2D eigenvalue weighted by atomic mass is 10.2. The number of pyridine rings is 1. The average Bonchev–Trinajstić information content (AvgIpc) is 3.18. The third-order valence-electron chi connectivity index (χ3n) is 3.76. The van der Waals surface area contributed by atoms with Gasteiger partial charge < -0.3 is 5.32 Å². The van der Waals surface area contributed by atoms with Crippen molar-refractivity contribution in [2.45, 2.75) is 9.46 Å². The van der Waals surface area contributed by atoms with Crippen molar-refractivity contribution in [1.29, 1.82) is 0 Å². The van der Waals surface area contributed by atoms with E-state index in [1.165, 1.54) is 6.20 Å². The molecule has 5 nitrogen and oxygen atoms in total. The van der Waals surface area contributed by atoms with E-state index in [0.717, 1.165) is 11.3 Å². The topological polar surface area (TPSA) is 76.1 Å². The Morgan fingerprint density at radius 3 is 2.54 bits per heavy atom. The molecule has 0 aliphatic heterocycles. The summed E-state index contributed by atoms with van der Waals surface area (Å²) in [5.41, 5.74) is 0.935. The number of rotatable bonds is 6. The van der Waals surface area contributed by atoms with Crippen LogP contribution in [0, 0.1) is 0 Å². The number of hydrogen-bond acceptors (Lipinski definition) is 5. The standard InChI is InChI=1S/C18H15ClN2O3S2/c19-15-7-5-13(6-8-15)18(22)21-12-16(14-3-1-9-20-11-14)26(23,24)17-4-2-10-25-17/h1-11,16H,12H2,(H,21,22). The molecule has 0 spiro atoms. The normalized spacial score (nSPS) is 12.5. The number of sulfone groups is 1. The minimum absolute atomic E-state index is 0.0621. The van der Waals surface area contributed by atoms with Crippen molar-refractivity contribution in [3.05, 3.63) is 82.5 Å². The van der Waals surface area contributed by atoms with Gasteiger partial charge >= 0.3 is 0 Å². The van der Waals surface area contributed by atoms with Crippen molar-refractivity contribution in [1.82, 2.24) is 10.3 Å². The Labute approximate surface area is 160 Å². The zero-order valence-corrected chi connectivity index (χ0v) is 15.9. The summed E-state index contributed by atoms with van der Waals surface area (Å²) in [5.74, 6) is -0.364. The van der Waals surface area contributed by atoms with Crippen LogP contribution in [0.4, 0.5) is 0 Å². The van der Waals surface area contributed by atoms with E-state index in [1.54, 1.807) is 60.1 Å². The molecule has 0 aliphatic carbocycles. The van der Waals surface area contributed by atoms with Gasteiger partial charge in [-0.3, -0.25) is 9.78 Å². The van der Waals surface area contributed by atoms with Gasteiger partial charge in [-0.1, -0.05) is 23.7 Å². The first-order valence-electron chi connectivity index (χ1n) is 7.69. The average molecular weight is 407 g/mol. The maximum Gasteiger partial charge on any atom is 0.251 e. The number of nitrogens with zero attached hydrogens (tertiary/aromatic N) is 1. The molecule has 0 saturated heterocycles. The summed E-state index contributed by atoms with van der Waals surface area (Å²) < 4.78 is 26.3. The van der Waals surface area contributed by atoms with E-state index in [4.69, 9.17) is 11.6 Å². The van der Waals surface area contributed by atoms with Crippen molar-refractivity contribution < 1.29 is 13.2 Å². The summed E-state index contributed by atoms with van der Waals surface area (Å²) in [4.78, 5) is 16.4. The third-order valence-corrected chi connectivity index (χ3v) is 7.54. The molecule has 0 aliphatic rings. The van der Waals surface area contributed by atoms with E-state index in [1.807, 2.05) is 0 Å². The molecule has 1 unspecified atom stereocenters. The van der Waals surface area contributed by atoms with Crippen LogP contribution in [0.25, 0.3) is 0 Å². The van der Waals surface area contributed by atoms with Crippen LogP contribution < -0.4 is 5.32 Å². The van der Waals surface area contributed by atoms with Gasteiger partial charge in [0.05, 0.1) is 0 Å². The van der Waals surface area contributed by atoms with Crippen LogP contribution in [0.15, 0.2) is 70.5 Å². The highest BCUT2D eigenvalue weighted by atomic mass is 35.5. The first kappa shape index (κ1) is 18.6. The predicted molar refractivity (Wildman–Crippen MR) is 102 cm³/mol. The Kier molecular flexibility index (Phi) is 5.70. The predicted octanol–water partition coefficient (Wildman–Crippen LogP) is 3.74. The molecular formula is C18H15ClN2O3S2. The number of nitrogens with one attached hydrogen (secondary N) is 1. The molecule has 3 rings (SSSR count). The zero-order chi connectivity index (χ0) is 18.6. The minimum atomic E-state index is -3.65. The first-order valence-corrected chi connectivity index (χ1v) is 10.5. The van der Waals surface area contributed by atoms with E-state index in [2.05, 4.69) is 10.3 Å². The molecule has 0 saturated carbocycles. The van der Waals surface area contributed by atoms with Crippen LogP contribution in [0.2, 0.25) is 5.02 Å². The lowest BCUT2D eigenvalue weighted by molar-refractivity contribution is 0.0953. The fraction of sp³-hybridized carbons (Fsp3) is 0.111. The molecule has 0 radical (unpaired) electrons. The van der Waals surface area contributed by atoms with Gasteiger partial charge in [-0.05, 0) is 47.3 Å². The van der Waals surface area contributed by atoms with Crippen LogP contribution in [-0.4, -0.2) is 25.9 Å². The largest absolute Gasteiger partial charge is 0.350 e. The molecule has 2 heterocycles. The number of carbonyl (C=O) groups is 1. The SMILES string of the molecule is O=C(NCC(c1cccnc1)S(=O)(=O)c1cccs1)c1ccc(Cl)cc1. The van der Waals surface area contributed by atoms with Crippen molar-refractivity contribution in [3.63, 3.8) is 0 Å². The summed E-state index contributed by atoms with van der Waals surface area (Å²) in [5, 5.41) is 4.01. The van der Waals surface area contributed by atoms with Gasteiger partial charge in [-0.15, -0.1) is 11.3 Å². The molecule has 1 atom stereocenters.